The van der Waals surface area contributed by atoms with Crippen LogP contribution < -0.4 is 9.47 Å². The zero-order chi connectivity index (χ0) is 25.2. The lowest BCUT2D eigenvalue weighted by Crippen LogP contribution is -2.35. The van der Waals surface area contributed by atoms with Crippen molar-refractivity contribution < 1.29 is 19.3 Å². The largest absolute Gasteiger partial charge is 0.497 e. The summed E-state index contributed by atoms with van der Waals surface area (Å²) in [5.41, 5.74) is 2.94. The maximum Gasteiger partial charge on any atom is 0.227 e. The lowest BCUT2D eigenvalue weighted by molar-refractivity contribution is -0.00957. The third-order valence-corrected chi connectivity index (χ3v) is 5.64. The van der Waals surface area contributed by atoms with Gasteiger partial charge in [-0.25, -0.2) is 4.68 Å². The molecular weight excluding hydrogens is 442 g/mol. The number of aliphatic hydroxyl groups excluding tert-OH is 1. The minimum atomic E-state index is -0.566. The molecule has 0 aliphatic heterocycles. The van der Waals surface area contributed by atoms with Crippen LogP contribution in [-0.4, -0.2) is 58.8 Å². The Balaban J connectivity index is 1.96. The molecule has 0 aliphatic rings. The van der Waals surface area contributed by atoms with Crippen molar-refractivity contribution in [1.82, 2.24) is 14.7 Å². The third-order valence-electron chi connectivity index (χ3n) is 5.64. The Kier molecular flexibility index (Phi) is 10.1. The SMILES string of the molecule is CCCN(Cc1c(CC)nn(-c2ccccc2)c1Oc1ccc(OC)cc1)C[C@H](O)COC(C)C. The van der Waals surface area contributed by atoms with Crippen molar-refractivity contribution in [2.24, 2.45) is 0 Å². The predicted molar refractivity (Wildman–Crippen MR) is 139 cm³/mol. The topological polar surface area (TPSA) is 69.0 Å². The molecule has 3 aromatic rings. The smallest absolute Gasteiger partial charge is 0.227 e. The van der Waals surface area contributed by atoms with Crippen LogP contribution in [0, 0.1) is 0 Å². The number of aryl methyl sites for hydroxylation is 1. The van der Waals surface area contributed by atoms with Crippen LogP contribution in [0.4, 0.5) is 0 Å². The second-order valence-corrected chi connectivity index (χ2v) is 8.88. The molecule has 35 heavy (non-hydrogen) atoms. The number of aliphatic hydroxyl groups is 1. The molecule has 0 saturated heterocycles. The van der Waals surface area contributed by atoms with Crippen molar-refractivity contribution in [3.8, 4) is 23.1 Å². The van der Waals surface area contributed by atoms with E-state index in [1.54, 1.807) is 7.11 Å². The molecule has 0 unspecified atom stereocenters. The summed E-state index contributed by atoms with van der Waals surface area (Å²) >= 11 is 0. The van der Waals surface area contributed by atoms with Gasteiger partial charge >= 0.3 is 0 Å². The Morgan fingerprint density at radius 2 is 1.69 bits per heavy atom. The van der Waals surface area contributed by atoms with E-state index < -0.39 is 6.10 Å². The van der Waals surface area contributed by atoms with Gasteiger partial charge in [0.2, 0.25) is 5.88 Å². The van der Waals surface area contributed by atoms with Gasteiger partial charge in [0.25, 0.3) is 0 Å². The van der Waals surface area contributed by atoms with Crippen LogP contribution in [0.3, 0.4) is 0 Å². The second kappa shape index (κ2) is 13.3. The lowest BCUT2D eigenvalue weighted by Gasteiger charge is -2.25. The Morgan fingerprint density at radius 1 is 1.00 bits per heavy atom. The zero-order valence-electron chi connectivity index (χ0n) is 21.6. The van der Waals surface area contributed by atoms with Crippen molar-refractivity contribution in [2.45, 2.75) is 59.3 Å². The maximum atomic E-state index is 10.6. The van der Waals surface area contributed by atoms with Gasteiger partial charge in [-0.2, -0.15) is 5.10 Å². The Morgan fingerprint density at radius 3 is 2.29 bits per heavy atom. The minimum Gasteiger partial charge on any atom is -0.497 e. The van der Waals surface area contributed by atoms with E-state index >= 15 is 0 Å². The molecule has 2 aromatic carbocycles. The van der Waals surface area contributed by atoms with Crippen molar-refractivity contribution in [3.63, 3.8) is 0 Å². The van der Waals surface area contributed by atoms with Crippen molar-refractivity contribution in [1.29, 1.82) is 0 Å². The highest BCUT2D eigenvalue weighted by Crippen LogP contribution is 2.33. The molecule has 3 rings (SSSR count). The van der Waals surface area contributed by atoms with Crippen LogP contribution in [0.25, 0.3) is 5.69 Å². The van der Waals surface area contributed by atoms with Gasteiger partial charge in [-0.1, -0.05) is 32.0 Å². The van der Waals surface area contributed by atoms with Crippen molar-refractivity contribution in [2.75, 3.05) is 26.8 Å². The summed E-state index contributed by atoms with van der Waals surface area (Å²) in [5, 5.41) is 15.5. The number of hydrogen-bond acceptors (Lipinski definition) is 6. The molecule has 0 saturated carbocycles. The first-order chi connectivity index (χ1) is 16.9. The highest BCUT2D eigenvalue weighted by molar-refractivity contribution is 5.44. The summed E-state index contributed by atoms with van der Waals surface area (Å²) in [6.45, 7) is 10.5. The van der Waals surface area contributed by atoms with E-state index in [1.807, 2.05) is 73.1 Å². The number of nitrogens with zero attached hydrogens (tertiary/aromatic N) is 3. The van der Waals surface area contributed by atoms with E-state index in [-0.39, 0.29) is 6.10 Å². The fourth-order valence-corrected chi connectivity index (χ4v) is 3.95. The molecule has 0 fully saturated rings. The number of hydrogen-bond donors (Lipinski definition) is 1. The normalized spacial score (nSPS) is 12.3. The lowest BCUT2D eigenvalue weighted by atomic mass is 10.1. The summed E-state index contributed by atoms with van der Waals surface area (Å²) in [6, 6.07) is 17.6. The fraction of sp³-hybridized carbons (Fsp3) is 0.464. The molecule has 7 nitrogen and oxygen atoms in total. The fourth-order valence-electron chi connectivity index (χ4n) is 3.95. The van der Waals surface area contributed by atoms with E-state index in [0.29, 0.717) is 31.3 Å². The van der Waals surface area contributed by atoms with E-state index in [4.69, 9.17) is 19.3 Å². The monoisotopic (exact) mass is 481 g/mol. The van der Waals surface area contributed by atoms with Gasteiger partial charge in [0.15, 0.2) is 0 Å². The molecule has 1 heterocycles. The number of methoxy groups -OCH3 is 1. The molecule has 1 atom stereocenters. The number of ether oxygens (including phenoxy) is 3. The quantitative estimate of drug-likeness (QED) is 0.340. The summed E-state index contributed by atoms with van der Waals surface area (Å²) < 4.78 is 19.3. The Hall–Kier alpha value is -2.87. The summed E-state index contributed by atoms with van der Waals surface area (Å²) in [7, 11) is 1.65. The summed E-state index contributed by atoms with van der Waals surface area (Å²) in [6.07, 6.45) is 1.27. The van der Waals surface area contributed by atoms with Crippen LogP contribution in [-0.2, 0) is 17.7 Å². The summed E-state index contributed by atoms with van der Waals surface area (Å²) in [5.74, 6) is 2.17. The molecular formula is C28H39N3O4. The molecule has 1 N–H and O–H groups in total. The van der Waals surface area contributed by atoms with Crippen molar-refractivity contribution in [3.05, 3.63) is 65.9 Å². The van der Waals surface area contributed by atoms with Gasteiger partial charge in [-0.3, -0.25) is 4.90 Å². The molecule has 7 heteroatoms. The average molecular weight is 482 g/mol. The number of rotatable bonds is 14. The van der Waals surface area contributed by atoms with Crippen LogP contribution in [0.5, 0.6) is 17.4 Å². The molecule has 0 aliphatic carbocycles. The van der Waals surface area contributed by atoms with Gasteiger partial charge in [0.05, 0.1) is 42.9 Å². The molecule has 0 bridgehead atoms. The first-order valence-electron chi connectivity index (χ1n) is 12.4. The van der Waals surface area contributed by atoms with Gasteiger partial charge in [0, 0.05) is 13.1 Å². The number of para-hydroxylation sites is 1. The highest BCUT2D eigenvalue weighted by atomic mass is 16.5. The van der Waals surface area contributed by atoms with E-state index in [0.717, 1.165) is 42.1 Å². The second-order valence-electron chi connectivity index (χ2n) is 8.88. The molecule has 1 aromatic heterocycles. The van der Waals surface area contributed by atoms with Crippen LogP contribution in [0.2, 0.25) is 0 Å². The van der Waals surface area contributed by atoms with Gasteiger partial charge in [-0.15, -0.1) is 0 Å². The van der Waals surface area contributed by atoms with Crippen molar-refractivity contribution >= 4 is 0 Å². The minimum absolute atomic E-state index is 0.0876. The molecule has 0 amide bonds. The molecule has 190 valence electrons. The Bertz CT molecular complexity index is 1020. The van der Waals surface area contributed by atoms with E-state index in [2.05, 4.69) is 18.7 Å². The van der Waals surface area contributed by atoms with Gasteiger partial charge in [0.1, 0.15) is 11.5 Å². The van der Waals surface area contributed by atoms with Crippen LogP contribution in [0.1, 0.15) is 45.4 Å². The van der Waals surface area contributed by atoms with Gasteiger partial charge in [-0.05, 0) is 69.6 Å². The average Bonchev–Trinajstić information content (AvgIpc) is 3.20. The molecule has 0 radical (unpaired) electrons. The van der Waals surface area contributed by atoms with Gasteiger partial charge < -0.3 is 19.3 Å². The van der Waals surface area contributed by atoms with Crippen LogP contribution >= 0.6 is 0 Å². The molecule has 0 spiro atoms. The van der Waals surface area contributed by atoms with E-state index in [1.165, 1.54) is 0 Å². The number of benzene rings is 2. The predicted octanol–water partition coefficient (Wildman–Crippen LogP) is 5.23. The van der Waals surface area contributed by atoms with Crippen LogP contribution in [0.15, 0.2) is 54.6 Å². The highest BCUT2D eigenvalue weighted by Gasteiger charge is 2.23. The third kappa shape index (κ3) is 7.56. The standard InChI is InChI=1S/C28H39N3O4/c1-6-17-30(18-23(32)20-34-21(3)4)19-26-27(7-2)29-31(22-11-9-8-10-12-22)28(26)35-25-15-13-24(33-5)14-16-25/h8-16,21,23,32H,6-7,17-20H2,1-5H3/t23-/m0/s1. The van der Waals surface area contributed by atoms with E-state index in [9.17, 15) is 5.11 Å². The first-order valence-corrected chi connectivity index (χ1v) is 12.4. The number of aromatic nitrogens is 2. The zero-order valence-corrected chi connectivity index (χ0v) is 21.6. The maximum absolute atomic E-state index is 10.6. The summed E-state index contributed by atoms with van der Waals surface area (Å²) in [4.78, 5) is 2.25. The first kappa shape index (κ1) is 26.7. The Labute approximate surface area is 209 Å².